The van der Waals surface area contributed by atoms with Crippen molar-refractivity contribution in [3.63, 3.8) is 0 Å². The topological polar surface area (TPSA) is 83.6 Å². The monoisotopic (exact) mass is 396 g/mol. The van der Waals surface area contributed by atoms with Crippen LogP contribution < -0.4 is 0 Å². The van der Waals surface area contributed by atoms with E-state index in [-0.39, 0.29) is 23.7 Å². The highest BCUT2D eigenvalue weighted by molar-refractivity contribution is 9.10. The number of piperidine rings is 1. The van der Waals surface area contributed by atoms with Gasteiger partial charge >= 0.3 is 5.97 Å². The van der Waals surface area contributed by atoms with E-state index in [0.717, 1.165) is 0 Å². The zero-order valence-electron chi connectivity index (χ0n) is 12.5. The number of carboxylic acids is 1. The minimum Gasteiger partial charge on any atom is -0.481 e. The van der Waals surface area contributed by atoms with E-state index < -0.39 is 23.6 Å². The maximum Gasteiger partial charge on any atom is 0.308 e. The van der Waals surface area contributed by atoms with Gasteiger partial charge in [0.25, 0.3) is 5.91 Å². The molecule has 1 amide bonds. The Kier molecular flexibility index (Phi) is 4.66. The molecule has 0 aliphatic carbocycles. The summed E-state index contributed by atoms with van der Waals surface area (Å²) >= 11 is 3.17. The minimum atomic E-state index is -0.912. The maximum absolute atomic E-state index is 14.0. The van der Waals surface area contributed by atoms with Crippen LogP contribution in [-0.4, -0.2) is 40.0 Å². The molecule has 3 rings (SSSR count). The summed E-state index contributed by atoms with van der Waals surface area (Å²) in [5, 5.41) is 9.10. The number of amides is 1. The fourth-order valence-electron chi connectivity index (χ4n) is 2.68. The number of carbonyl (C=O) groups excluding carboxylic acids is 1. The Morgan fingerprint density at radius 2 is 2.21 bits per heavy atom. The van der Waals surface area contributed by atoms with E-state index in [1.54, 1.807) is 6.07 Å². The molecule has 1 saturated heterocycles. The molecule has 126 valence electrons. The van der Waals surface area contributed by atoms with E-state index in [1.807, 2.05) is 0 Å². The lowest BCUT2D eigenvalue weighted by molar-refractivity contribution is -0.143. The molecule has 0 spiro atoms. The van der Waals surface area contributed by atoms with Gasteiger partial charge < -0.3 is 14.4 Å². The SMILES string of the molecule is O=C(O)[C@H]1CCCN(C(=O)c2coc(-c3ccc(Br)cc3F)n2)C1. The van der Waals surface area contributed by atoms with Gasteiger partial charge in [0.1, 0.15) is 12.1 Å². The molecule has 1 aliphatic heterocycles. The quantitative estimate of drug-likeness (QED) is 0.860. The maximum atomic E-state index is 14.0. The Hall–Kier alpha value is -2.22. The van der Waals surface area contributed by atoms with E-state index in [2.05, 4.69) is 20.9 Å². The van der Waals surface area contributed by atoms with Gasteiger partial charge in [0.2, 0.25) is 5.89 Å². The van der Waals surface area contributed by atoms with Crippen molar-refractivity contribution in [3.05, 3.63) is 40.4 Å². The van der Waals surface area contributed by atoms with Crippen molar-refractivity contribution in [2.45, 2.75) is 12.8 Å². The van der Waals surface area contributed by atoms with Crippen LogP contribution in [0.15, 0.2) is 33.4 Å². The number of aromatic nitrogens is 1. The Labute approximate surface area is 145 Å². The van der Waals surface area contributed by atoms with Gasteiger partial charge in [-0.15, -0.1) is 0 Å². The summed E-state index contributed by atoms with van der Waals surface area (Å²) in [6, 6.07) is 4.43. The van der Waals surface area contributed by atoms with Crippen molar-refractivity contribution in [2.75, 3.05) is 13.1 Å². The van der Waals surface area contributed by atoms with Crippen LogP contribution in [0.2, 0.25) is 0 Å². The molecule has 1 atom stereocenters. The fraction of sp³-hybridized carbons (Fsp3) is 0.312. The largest absolute Gasteiger partial charge is 0.481 e. The predicted octanol–water partition coefficient (Wildman–Crippen LogP) is 3.18. The van der Waals surface area contributed by atoms with Crippen molar-refractivity contribution >= 4 is 27.8 Å². The summed E-state index contributed by atoms with van der Waals surface area (Å²) in [5.74, 6) is -2.40. The number of rotatable bonds is 3. The zero-order chi connectivity index (χ0) is 17.3. The average Bonchev–Trinajstić information content (AvgIpc) is 3.04. The number of hydrogen-bond donors (Lipinski definition) is 1. The highest BCUT2D eigenvalue weighted by Gasteiger charge is 2.30. The number of likely N-dealkylation sites (tertiary alicyclic amines) is 1. The molecular weight excluding hydrogens is 383 g/mol. The van der Waals surface area contributed by atoms with Crippen molar-refractivity contribution < 1.29 is 23.5 Å². The lowest BCUT2D eigenvalue weighted by Crippen LogP contribution is -2.42. The first kappa shape index (κ1) is 16.6. The van der Waals surface area contributed by atoms with Gasteiger partial charge in [-0.1, -0.05) is 15.9 Å². The third-order valence-electron chi connectivity index (χ3n) is 3.94. The molecule has 24 heavy (non-hydrogen) atoms. The molecule has 2 aromatic rings. The molecule has 2 heterocycles. The van der Waals surface area contributed by atoms with Gasteiger partial charge in [0, 0.05) is 17.6 Å². The molecule has 1 N–H and O–H groups in total. The molecule has 0 saturated carbocycles. The normalized spacial score (nSPS) is 17.8. The van der Waals surface area contributed by atoms with Crippen LogP contribution in [0.25, 0.3) is 11.5 Å². The summed E-state index contributed by atoms with van der Waals surface area (Å²) in [4.78, 5) is 29.1. The summed E-state index contributed by atoms with van der Waals surface area (Å²) in [7, 11) is 0. The van der Waals surface area contributed by atoms with E-state index in [9.17, 15) is 14.0 Å². The Morgan fingerprint density at radius 1 is 1.42 bits per heavy atom. The highest BCUT2D eigenvalue weighted by atomic mass is 79.9. The molecular formula is C16H14BrFN2O4. The molecule has 6 nitrogen and oxygen atoms in total. The molecule has 1 fully saturated rings. The van der Waals surface area contributed by atoms with Gasteiger partial charge in [-0.2, -0.15) is 0 Å². The number of nitrogens with zero attached hydrogens (tertiary/aromatic N) is 2. The van der Waals surface area contributed by atoms with E-state index >= 15 is 0 Å². The summed E-state index contributed by atoms with van der Waals surface area (Å²) in [5.41, 5.74) is 0.192. The lowest BCUT2D eigenvalue weighted by atomic mass is 9.98. The molecule has 0 radical (unpaired) electrons. The van der Waals surface area contributed by atoms with Crippen molar-refractivity contribution in [1.82, 2.24) is 9.88 Å². The lowest BCUT2D eigenvalue weighted by Gasteiger charge is -2.29. The molecule has 0 bridgehead atoms. The number of halogens is 2. The number of oxazole rings is 1. The third-order valence-corrected chi connectivity index (χ3v) is 4.44. The first-order chi connectivity index (χ1) is 11.5. The van der Waals surface area contributed by atoms with E-state index in [1.165, 1.54) is 23.3 Å². The summed E-state index contributed by atoms with van der Waals surface area (Å²) in [6.45, 7) is 0.612. The van der Waals surface area contributed by atoms with Gasteiger partial charge in [-0.05, 0) is 31.0 Å². The van der Waals surface area contributed by atoms with E-state index in [4.69, 9.17) is 9.52 Å². The first-order valence-corrected chi connectivity index (χ1v) is 8.18. The van der Waals surface area contributed by atoms with Crippen LogP contribution in [0, 0.1) is 11.7 Å². The number of carboxylic acid groups (broad SMARTS) is 1. The van der Waals surface area contributed by atoms with Crippen molar-refractivity contribution in [3.8, 4) is 11.5 Å². The zero-order valence-corrected chi connectivity index (χ0v) is 14.1. The van der Waals surface area contributed by atoms with Crippen molar-refractivity contribution in [1.29, 1.82) is 0 Å². The van der Waals surface area contributed by atoms with Crippen LogP contribution in [0.4, 0.5) is 4.39 Å². The van der Waals surface area contributed by atoms with Crippen LogP contribution in [0.5, 0.6) is 0 Å². The second-order valence-electron chi connectivity index (χ2n) is 5.59. The minimum absolute atomic E-state index is 0.00939. The van der Waals surface area contributed by atoms with E-state index in [0.29, 0.717) is 23.9 Å². The fourth-order valence-corrected chi connectivity index (χ4v) is 3.02. The second kappa shape index (κ2) is 6.72. The van der Waals surface area contributed by atoms with Gasteiger partial charge in [-0.3, -0.25) is 9.59 Å². The summed E-state index contributed by atoms with van der Waals surface area (Å²) in [6.07, 6.45) is 2.34. The third kappa shape index (κ3) is 3.33. The van der Waals surface area contributed by atoms with Crippen LogP contribution in [0.1, 0.15) is 23.3 Å². The molecule has 1 aromatic heterocycles. The van der Waals surface area contributed by atoms with Crippen LogP contribution in [-0.2, 0) is 4.79 Å². The van der Waals surface area contributed by atoms with Gasteiger partial charge in [0.05, 0.1) is 11.5 Å². The average molecular weight is 397 g/mol. The predicted molar refractivity (Wildman–Crippen MR) is 85.9 cm³/mol. The van der Waals surface area contributed by atoms with Gasteiger partial charge in [0.15, 0.2) is 5.69 Å². The molecule has 1 aliphatic rings. The van der Waals surface area contributed by atoms with Crippen LogP contribution >= 0.6 is 15.9 Å². The number of hydrogen-bond acceptors (Lipinski definition) is 4. The van der Waals surface area contributed by atoms with Crippen molar-refractivity contribution in [2.24, 2.45) is 5.92 Å². The Balaban J connectivity index is 1.80. The standard InChI is InChI=1S/C16H14BrFN2O4/c17-10-3-4-11(12(18)6-10)14-19-13(8-24-14)15(21)20-5-1-2-9(7-20)16(22)23/h3-4,6,8-9H,1-2,5,7H2,(H,22,23)/t9-/m0/s1. The second-order valence-corrected chi connectivity index (χ2v) is 6.51. The number of benzene rings is 1. The summed E-state index contributed by atoms with van der Waals surface area (Å²) < 4.78 is 19.8. The Morgan fingerprint density at radius 3 is 2.92 bits per heavy atom. The smallest absolute Gasteiger partial charge is 0.308 e. The molecule has 8 heteroatoms. The highest BCUT2D eigenvalue weighted by Crippen LogP contribution is 2.26. The number of aliphatic carboxylic acids is 1. The van der Waals surface area contributed by atoms with Gasteiger partial charge in [-0.25, -0.2) is 9.37 Å². The Bertz CT molecular complexity index is 792. The number of carbonyl (C=O) groups is 2. The molecule has 0 unspecified atom stereocenters. The van der Waals surface area contributed by atoms with Crippen LogP contribution in [0.3, 0.4) is 0 Å². The first-order valence-electron chi connectivity index (χ1n) is 7.38. The molecule has 1 aromatic carbocycles.